The van der Waals surface area contributed by atoms with E-state index in [9.17, 15) is 14.4 Å². The van der Waals surface area contributed by atoms with Crippen molar-refractivity contribution in [2.24, 2.45) is 0 Å². The molecule has 0 aromatic heterocycles. The number of amides is 3. The van der Waals surface area contributed by atoms with Gasteiger partial charge in [0.2, 0.25) is 5.91 Å². The van der Waals surface area contributed by atoms with Gasteiger partial charge in [0.1, 0.15) is 0 Å². The van der Waals surface area contributed by atoms with Crippen LogP contribution in [0.4, 0.5) is 10.5 Å². The molecule has 162 valence electrons. The molecular formula is C22H22ClN3O4S. The van der Waals surface area contributed by atoms with Crippen molar-refractivity contribution in [2.75, 3.05) is 17.7 Å². The molecule has 1 atom stereocenters. The quantitative estimate of drug-likeness (QED) is 0.424. The van der Waals surface area contributed by atoms with Gasteiger partial charge in [-0.1, -0.05) is 23.7 Å². The monoisotopic (exact) mass is 459 g/mol. The van der Waals surface area contributed by atoms with Crippen LogP contribution in [0, 0.1) is 0 Å². The zero-order valence-corrected chi connectivity index (χ0v) is 18.6. The van der Waals surface area contributed by atoms with Crippen LogP contribution in [-0.2, 0) is 14.3 Å². The number of ether oxygens (including phenoxy) is 1. The number of carbonyl (C=O) groups is 3. The van der Waals surface area contributed by atoms with Gasteiger partial charge in [-0.15, -0.1) is 11.8 Å². The van der Waals surface area contributed by atoms with E-state index in [2.05, 4.69) is 16.0 Å². The van der Waals surface area contributed by atoms with Crippen molar-refractivity contribution < 1.29 is 19.1 Å². The molecule has 1 aliphatic rings. The van der Waals surface area contributed by atoms with Crippen LogP contribution in [0.3, 0.4) is 0 Å². The average Bonchev–Trinajstić information content (AvgIpc) is 2.73. The topological polar surface area (TPSA) is 96.5 Å². The van der Waals surface area contributed by atoms with Crippen molar-refractivity contribution in [1.82, 2.24) is 10.6 Å². The summed E-state index contributed by atoms with van der Waals surface area (Å²) in [5.41, 5.74) is 2.26. The minimum absolute atomic E-state index is 0.143. The third-order valence-corrected chi connectivity index (χ3v) is 5.70. The highest BCUT2D eigenvalue weighted by molar-refractivity contribution is 7.99. The molecule has 0 radical (unpaired) electrons. The first-order valence-corrected chi connectivity index (χ1v) is 11.0. The van der Waals surface area contributed by atoms with Gasteiger partial charge in [0.15, 0.2) is 0 Å². The second-order valence-electron chi connectivity index (χ2n) is 6.69. The summed E-state index contributed by atoms with van der Waals surface area (Å²) in [6.45, 7) is 3.40. The summed E-state index contributed by atoms with van der Waals surface area (Å²) < 4.78 is 5.26. The molecule has 1 heterocycles. The molecule has 31 heavy (non-hydrogen) atoms. The molecule has 9 heteroatoms. The summed E-state index contributed by atoms with van der Waals surface area (Å²) in [7, 11) is 0. The number of urea groups is 1. The third kappa shape index (κ3) is 6.02. The molecule has 3 N–H and O–H groups in total. The number of carbonyl (C=O) groups excluding carboxylic acids is 3. The summed E-state index contributed by atoms with van der Waals surface area (Å²) in [6, 6.07) is 13.2. The minimum Gasteiger partial charge on any atom is -0.463 e. The summed E-state index contributed by atoms with van der Waals surface area (Å²) in [4.78, 5) is 37.2. The Bertz CT molecular complexity index is 1010. The van der Waals surface area contributed by atoms with Gasteiger partial charge in [-0.05, 0) is 48.9 Å². The van der Waals surface area contributed by atoms with Crippen LogP contribution in [-0.4, -0.2) is 30.3 Å². The number of nitrogens with one attached hydrogen (secondary N) is 3. The van der Waals surface area contributed by atoms with Crippen LogP contribution in [0.25, 0.3) is 0 Å². The van der Waals surface area contributed by atoms with Crippen LogP contribution in [0.1, 0.15) is 25.5 Å². The second kappa shape index (κ2) is 10.4. The van der Waals surface area contributed by atoms with Gasteiger partial charge in [-0.25, -0.2) is 9.59 Å². The van der Waals surface area contributed by atoms with Gasteiger partial charge in [0.05, 0.1) is 18.2 Å². The lowest BCUT2D eigenvalue weighted by molar-refractivity contribution is -0.139. The molecule has 2 aromatic rings. The maximum absolute atomic E-state index is 12.8. The lowest BCUT2D eigenvalue weighted by Gasteiger charge is -2.29. The number of hydrogen-bond acceptors (Lipinski definition) is 5. The summed E-state index contributed by atoms with van der Waals surface area (Å²) in [5.74, 6) is -0.285. The number of rotatable bonds is 7. The number of halogens is 1. The molecule has 2 aromatic carbocycles. The highest BCUT2D eigenvalue weighted by atomic mass is 35.5. The standard InChI is InChI=1S/C22H22ClN3O4S/c1-3-30-21(28)19-18(12-31-17-10-8-16(9-11-17)24-13(2)27)25-22(29)26-20(19)14-4-6-15(23)7-5-14/h4-11,20H,3,12H2,1-2H3,(H,24,27)(H2,25,26,29). The molecule has 7 nitrogen and oxygen atoms in total. The molecule has 0 aliphatic carbocycles. The minimum atomic E-state index is -0.650. The molecule has 3 amide bonds. The summed E-state index contributed by atoms with van der Waals surface area (Å²) in [6.07, 6.45) is 0. The normalized spacial score (nSPS) is 15.7. The van der Waals surface area contributed by atoms with Crippen molar-refractivity contribution in [3.05, 3.63) is 70.4 Å². The zero-order chi connectivity index (χ0) is 22.4. The Morgan fingerprint density at radius 3 is 2.42 bits per heavy atom. The van der Waals surface area contributed by atoms with Gasteiger partial charge in [-0.3, -0.25) is 4.79 Å². The van der Waals surface area contributed by atoms with Crippen LogP contribution in [0.5, 0.6) is 0 Å². The van der Waals surface area contributed by atoms with Gasteiger partial charge in [-0.2, -0.15) is 0 Å². The molecule has 0 saturated heterocycles. The first-order valence-electron chi connectivity index (χ1n) is 9.61. The smallest absolute Gasteiger partial charge is 0.338 e. The van der Waals surface area contributed by atoms with Gasteiger partial charge in [0, 0.05) is 34.0 Å². The first-order chi connectivity index (χ1) is 14.9. The molecule has 0 fully saturated rings. The Morgan fingerprint density at radius 2 is 1.81 bits per heavy atom. The number of esters is 1. The summed E-state index contributed by atoms with van der Waals surface area (Å²) in [5, 5.41) is 8.82. The molecule has 1 aliphatic heterocycles. The molecule has 0 bridgehead atoms. The van der Waals surface area contributed by atoms with E-state index in [0.717, 1.165) is 10.5 Å². The zero-order valence-electron chi connectivity index (χ0n) is 17.0. The maximum atomic E-state index is 12.8. The van der Waals surface area contributed by atoms with E-state index in [0.29, 0.717) is 27.7 Å². The fourth-order valence-corrected chi connectivity index (χ4v) is 4.07. The Morgan fingerprint density at radius 1 is 1.13 bits per heavy atom. The highest BCUT2D eigenvalue weighted by Gasteiger charge is 2.33. The average molecular weight is 460 g/mol. The van der Waals surface area contributed by atoms with Crippen LogP contribution in [0.2, 0.25) is 5.02 Å². The van der Waals surface area contributed by atoms with Crippen molar-refractivity contribution in [2.45, 2.75) is 24.8 Å². The van der Waals surface area contributed by atoms with E-state index in [4.69, 9.17) is 16.3 Å². The predicted octanol–water partition coefficient (Wildman–Crippen LogP) is 4.26. The van der Waals surface area contributed by atoms with Crippen molar-refractivity contribution in [3.8, 4) is 0 Å². The molecule has 0 spiro atoms. The van der Waals surface area contributed by atoms with Gasteiger partial charge < -0.3 is 20.7 Å². The van der Waals surface area contributed by atoms with Crippen molar-refractivity contribution >= 4 is 47.0 Å². The Balaban J connectivity index is 1.87. The number of hydrogen-bond donors (Lipinski definition) is 3. The SMILES string of the molecule is CCOC(=O)C1=C(CSc2ccc(NC(C)=O)cc2)NC(=O)NC1c1ccc(Cl)cc1. The predicted molar refractivity (Wildman–Crippen MR) is 121 cm³/mol. The van der Waals surface area contributed by atoms with E-state index in [1.54, 1.807) is 43.3 Å². The fourth-order valence-electron chi connectivity index (χ4n) is 3.08. The third-order valence-electron chi connectivity index (χ3n) is 4.41. The Kier molecular flexibility index (Phi) is 7.59. The van der Waals surface area contributed by atoms with Crippen LogP contribution >= 0.6 is 23.4 Å². The van der Waals surface area contributed by atoms with E-state index < -0.39 is 18.0 Å². The largest absolute Gasteiger partial charge is 0.463 e. The molecule has 3 rings (SSSR count). The second-order valence-corrected chi connectivity index (χ2v) is 8.18. The lowest BCUT2D eigenvalue weighted by atomic mass is 9.95. The van der Waals surface area contributed by atoms with Crippen LogP contribution in [0.15, 0.2) is 64.7 Å². The van der Waals surface area contributed by atoms with Crippen LogP contribution < -0.4 is 16.0 Å². The molecular weight excluding hydrogens is 438 g/mol. The number of benzene rings is 2. The lowest BCUT2D eigenvalue weighted by Crippen LogP contribution is -2.46. The van der Waals surface area contributed by atoms with E-state index >= 15 is 0 Å². The number of anilines is 1. The maximum Gasteiger partial charge on any atom is 0.338 e. The van der Waals surface area contributed by atoms with E-state index in [-0.39, 0.29) is 12.5 Å². The van der Waals surface area contributed by atoms with E-state index in [1.165, 1.54) is 18.7 Å². The van der Waals surface area contributed by atoms with Crippen molar-refractivity contribution in [1.29, 1.82) is 0 Å². The fraction of sp³-hybridized carbons (Fsp3) is 0.227. The number of thioether (sulfide) groups is 1. The summed E-state index contributed by atoms with van der Waals surface area (Å²) >= 11 is 7.44. The highest BCUT2D eigenvalue weighted by Crippen LogP contribution is 2.31. The van der Waals surface area contributed by atoms with Gasteiger partial charge in [0.25, 0.3) is 0 Å². The molecule has 1 unspecified atom stereocenters. The molecule has 0 saturated carbocycles. The van der Waals surface area contributed by atoms with Crippen molar-refractivity contribution in [3.63, 3.8) is 0 Å². The Labute approximate surface area is 189 Å². The van der Waals surface area contributed by atoms with Gasteiger partial charge >= 0.3 is 12.0 Å². The first kappa shape index (κ1) is 22.7. The van der Waals surface area contributed by atoms with E-state index in [1.807, 2.05) is 12.1 Å². The Hall–Kier alpha value is -2.97.